The van der Waals surface area contributed by atoms with E-state index in [0.29, 0.717) is 29.8 Å². The number of hydrogen-bond donors (Lipinski definition) is 2. The van der Waals surface area contributed by atoms with Gasteiger partial charge in [0.15, 0.2) is 5.11 Å². The number of hydrogen-bond acceptors (Lipinski definition) is 5. The highest BCUT2D eigenvalue weighted by Gasteiger charge is 2.07. The van der Waals surface area contributed by atoms with E-state index in [2.05, 4.69) is 39.8 Å². The molecule has 0 unspecified atom stereocenters. The molecule has 1 heterocycles. The third kappa shape index (κ3) is 5.37. The first kappa shape index (κ1) is 19.5. The molecule has 0 saturated carbocycles. The minimum absolute atomic E-state index is 0.344. The molecule has 1 aromatic heterocycles. The molecule has 0 saturated heterocycles. The van der Waals surface area contributed by atoms with Gasteiger partial charge in [-0.15, -0.1) is 5.10 Å². The van der Waals surface area contributed by atoms with Crippen LogP contribution in [0.1, 0.15) is 28.4 Å². The number of aromatic nitrogens is 3. The van der Waals surface area contributed by atoms with Crippen molar-refractivity contribution in [2.75, 3.05) is 17.2 Å². The summed E-state index contributed by atoms with van der Waals surface area (Å²) in [5.41, 5.74) is 3.58. The zero-order valence-electron chi connectivity index (χ0n) is 15.7. The Morgan fingerprint density at radius 3 is 2.68 bits per heavy atom. The van der Waals surface area contributed by atoms with Crippen LogP contribution in [0.3, 0.4) is 0 Å². The first-order chi connectivity index (χ1) is 13.5. The average molecular weight is 395 g/mol. The number of carbonyl (C=O) groups excluding carboxylic acids is 1. The van der Waals surface area contributed by atoms with E-state index < -0.39 is 0 Å². The zero-order valence-corrected chi connectivity index (χ0v) is 16.5. The first-order valence-corrected chi connectivity index (χ1v) is 9.24. The van der Waals surface area contributed by atoms with Crippen LogP contribution in [0.5, 0.6) is 0 Å². The molecule has 0 amide bonds. The van der Waals surface area contributed by atoms with Crippen LogP contribution in [0.15, 0.2) is 54.9 Å². The predicted octanol–water partition coefficient (Wildman–Crippen LogP) is 3.62. The highest BCUT2D eigenvalue weighted by atomic mass is 32.1. The fraction of sp³-hybridized carbons (Fsp3) is 0.200. The van der Waals surface area contributed by atoms with Crippen LogP contribution in [-0.4, -0.2) is 32.5 Å². The van der Waals surface area contributed by atoms with Crippen LogP contribution >= 0.6 is 12.2 Å². The monoisotopic (exact) mass is 395 g/mol. The predicted molar refractivity (Wildman–Crippen MR) is 113 cm³/mol. The van der Waals surface area contributed by atoms with E-state index in [-0.39, 0.29) is 5.97 Å². The smallest absolute Gasteiger partial charge is 0.338 e. The second kappa shape index (κ2) is 9.09. The molecule has 7 nitrogen and oxygen atoms in total. The van der Waals surface area contributed by atoms with Crippen molar-refractivity contribution < 1.29 is 9.53 Å². The molecule has 2 N–H and O–H groups in total. The van der Waals surface area contributed by atoms with Gasteiger partial charge in [-0.05, 0) is 55.9 Å². The van der Waals surface area contributed by atoms with Crippen LogP contribution in [-0.2, 0) is 11.3 Å². The number of nitrogens with one attached hydrogen (secondary N) is 2. The van der Waals surface area contributed by atoms with Crippen molar-refractivity contribution in [1.82, 2.24) is 14.8 Å². The molecular formula is C20H21N5O2S. The molecular weight excluding hydrogens is 374 g/mol. The fourth-order valence-corrected chi connectivity index (χ4v) is 2.80. The Morgan fingerprint density at radius 2 is 1.96 bits per heavy atom. The molecule has 28 heavy (non-hydrogen) atoms. The number of esters is 1. The van der Waals surface area contributed by atoms with Gasteiger partial charge in [0.1, 0.15) is 6.33 Å². The molecule has 3 rings (SSSR count). The number of anilines is 2. The summed E-state index contributed by atoms with van der Waals surface area (Å²) < 4.78 is 6.71. The second-order valence-electron chi connectivity index (χ2n) is 6.13. The number of ether oxygens (including phenoxy) is 1. The molecule has 0 aliphatic rings. The maximum Gasteiger partial charge on any atom is 0.338 e. The van der Waals surface area contributed by atoms with Gasteiger partial charge in [0.25, 0.3) is 0 Å². The Balaban J connectivity index is 1.55. The standard InChI is InChI=1S/C20H21N5O2S/c1-3-27-18(26)16-7-9-17(10-8-16)22-20(28)23-19-21-13-25(24-19)12-15-6-4-5-14(2)11-15/h4-11,13H,3,12H2,1-2H3,(H2,22,23,24,28). The number of nitrogens with zero attached hydrogens (tertiary/aromatic N) is 3. The maximum atomic E-state index is 11.7. The van der Waals surface area contributed by atoms with E-state index in [1.54, 1.807) is 42.2 Å². The summed E-state index contributed by atoms with van der Waals surface area (Å²) >= 11 is 5.30. The summed E-state index contributed by atoms with van der Waals surface area (Å²) in [5.74, 6) is 0.0615. The zero-order chi connectivity index (χ0) is 19.9. The lowest BCUT2D eigenvalue weighted by molar-refractivity contribution is 0.0526. The van der Waals surface area contributed by atoms with Gasteiger partial charge in [-0.1, -0.05) is 29.8 Å². The Hall–Kier alpha value is -3.26. The summed E-state index contributed by atoms with van der Waals surface area (Å²) in [6.45, 7) is 4.80. The number of carbonyl (C=O) groups is 1. The fourth-order valence-electron chi connectivity index (χ4n) is 2.59. The van der Waals surface area contributed by atoms with E-state index in [0.717, 1.165) is 11.3 Å². The van der Waals surface area contributed by atoms with Gasteiger partial charge in [-0.25, -0.2) is 14.5 Å². The van der Waals surface area contributed by atoms with Crippen LogP contribution in [0, 0.1) is 6.92 Å². The van der Waals surface area contributed by atoms with Crippen molar-refractivity contribution in [3.63, 3.8) is 0 Å². The molecule has 0 aliphatic heterocycles. The lowest BCUT2D eigenvalue weighted by Crippen LogP contribution is -2.20. The van der Waals surface area contributed by atoms with Crippen molar-refractivity contribution >= 4 is 34.9 Å². The minimum Gasteiger partial charge on any atom is -0.462 e. The first-order valence-electron chi connectivity index (χ1n) is 8.83. The summed E-state index contributed by atoms with van der Waals surface area (Å²) in [5, 5.41) is 10.7. The number of thiocarbonyl (C=S) groups is 1. The molecule has 0 radical (unpaired) electrons. The molecule has 3 aromatic rings. The molecule has 0 aliphatic carbocycles. The van der Waals surface area contributed by atoms with Crippen LogP contribution in [0.25, 0.3) is 0 Å². The van der Waals surface area contributed by atoms with Crippen molar-refractivity contribution in [2.45, 2.75) is 20.4 Å². The number of rotatable bonds is 6. The maximum absolute atomic E-state index is 11.7. The number of benzene rings is 2. The molecule has 0 atom stereocenters. The van der Waals surface area contributed by atoms with Gasteiger partial charge in [0, 0.05) is 5.69 Å². The minimum atomic E-state index is -0.349. The molecule has 0 fully saturated rings. The van der Waals surface area contributed by atoms with Gasteiger partial charge < -0.3 is 10.1 Å². The molecule has 0 spiro atoms. The van der Waals surface area contributed by atoms with E-state index in [9.17, 15) is 4.79 Å². The van der Waals surface area contributed by atoms with Crippen LogP contribution < -0.4 is 10.6 Å². The highest BCUT2D eigenvalue weighted by molar-refractivity contribution is 7.80. The summed E-state index contributed by atoms with van der Waals surface area (Å²) in [4.78, 5) is 15.9. The Bertz CT molecular complexity index is 969. The number of aryl methyl sites for hydroxylation is 1. The Labute approximate surface area is 168 Å². The molecule has 0 bridgehead atoms. The van der Waals surface area contributed by atoms with E-state index in [4.69, 9.17) is 17.0 Å². The topological polar surface area (TPSA) is 81.1 Å². The highest BCUT2D eigenvalue weighted by Crippen LogP contribution is 2.12. The van der Waals surface area contributed by atoms with E-state index in [1.807, 2.05) is 12.1 Å². The molecule has 8 heteroatoms. The lowest BCUT2D eigenvalue weighted by atomic mass is 10.1. The molecule has 2 aromatic carbocycles. The third-order valence-electron chi connectivity index (χ3n) is 3.84. The van der Waals surface area contributed by atoms with Crippen molar-refractivity contribution in [3.8, 4) is 0 Å². The average Bonchev–Trinajstić information content (AvgIpc) is 3.09. The van der Waals surface area contributed by atoms with Crippen LogP contribution in [0.2, 0.25) is 0 Å². The van der Waals surface area contributed by atoms with E-state index >= 15 is 0 Å². The van der Waals surface area contributed by atoms with Crippen molar-refractivity contribution in [1.29, 1.82) is 0 Å². The quantitative estimate of drug-likeness (QED) is 0.487. The van der Waals surface area contributed by atoms with Crippen LogP contribution in [0.4, 0.5) is 11.6 Å². The van der Waals surface area contributed by atoms with Crippen molar-refractivity contribution in [2.24, 2.45) is 0 Å². The lowest BCUT2D eigenvalue weighted by Gasteiger charge is -2.08. The second-order valence-corrected chi connectivity index (χ2v) is 6.54. The molecule has 144 valence electrons. The third-order valence-corrected chi connectivity index (χ3v) is 4.05. The summed E-state index contributed by atoms with van der Waals surface area (Å²) in [7, 11) is 0. The Morgan fingerprint density at radius 1 is 1.18 bits per heavy atom. The van der Waals surface area contributed by atoms with Gasteiger partial charge in [-0.2, -0.15) is 0 Å². The van der Waals surface area contributed by atoms with Crippen molar-refractivity contribution in [3.05, 3.63) is 71.5 Å². The van der Waals surface area contributed by atoms with Gasteiger partial charge in [0.05, 0.1) is 18.7 Å². The normalized spacial score (nSPS) is 10.4. The SMILES string of the molecule is CCOC(=O)c1ccc(NC(=S)Nc2ncn(Cc3cccc(C)c3)n2)cc1. The Kier molecular flexibility index (Phi) is 6.33. The largest absolute Gasteiger partial charge is 0.462 e. The van der Waals surface area contributed by atoms with E-state index in [1.165, 1.54) is 5.56 Å². The van der Waals surface area contributed by atoms with Gasteiger partial charge in [0.2, 0.25) is 5.95 Å². The summed E-state index contributed by atoms with van der Waals surface area (Å²) in [6.07, 6.45) is 1.65. The van der Waals surface area contributed by atoms with Gasteiger partial charge >= 0.3 is 5.97 Å². The van der Waals surface area contributed by atoms with Gasteiger partial charge in [-0.3, -0.25) is 5.32 Å². The summed E-state index contributed by atoms with van der Waals surface area (Å²) in [6, 6.07) is 15.1.